The van der Waals surface area contributed by atoms with Crippen LogP contribution in [0.1, 0.15) is 29.8 Å². The van der Waals surface area contributed by atoms with Gasteiger partial charge in [-0.3, -0.25) is 9.59 Å². The third-order valence-corrected chi connectivity index (χ3v) is 6.25. The second-order valence-electron chi connectivity index (χ2n) is 6.60. The van der Waals surface area contributed by atoms with E-state index in [2.05, 4.69) is 16.6 Å². The van der Waals surface area contributed by atoms with Gasteiger partial charge in [-0.25, -0.2) is 8.42 Å². The molecule has 0 aliphatic carbocycles. The van der Waals surface area contributed by atoms with E-state index >= 15 is 0 Å². The molecule has 0 saturated heterocycles. The molecule has 2 amide bonds. The predicted octanol–water partition coefficient (Wildman–Crippen LogP) is 2.07. The van der Waals surface area contributed by atoms with Crippen LogP contribution in [-0.2, 0) is 14.8 Å². The van der Waals surface area contributed by atoms with E-state index < -0.39 is 21.8 Å². The summed E-state index contributed by atoms with van der Waals surface area (Å²) < 4.78 is 26.4. The van der Waals surface area contributed by atoms with Crippen molar-refractivity contribution < 1.29 is 18.0 Å². The van der Waals surface area contributed by atoms with Gasteiger partial charge in [-0.1, -0.05) is 18.1 Å². The van der Waals surface area contributed by atoms with Crippen LogP contribution < -0.4 is 10.6 Å². The minimum Gasteiger partial charge on any atom is -0.343 e. The van der Waals surface area contributed by atoms with E-state index in [-0.39, 0.29) is 23.0 Å². The van der Waals surface area contributed by atoms with Gasteiger partial charge < -0.3 is 10.6 Å². The second-order valence-corrected chi connectivity index (χ2v) is 8.60. The molecule has 0 aliphatic heterocycles. The molecule has 2 aromatic rings. The van der Waals surface area contributed by atoms with Crippen molar-refractivity contribution in [3.8, 4) is 12.3 Å². The van der Waals surface area contributed by atoms with Gasteiger partial charge in [0.15, 0.2) is 0 Å². The molecule has 0 saturated carbocycles. The molecule has 2 rings (SSSR count). The largest absolute Gasteiger partial charge is 0.343 e. The third kappa shape index (κ3) is 5.67. The Morgan fingerprint density at radius 2 is 1.83 bits per heavy atom. The molecule has 8 heteroatoms. The molecule has 0 bridgehead atoms. The molecule has 0 fully saturated rings. The molecule has 0 atom stereocenters. The number of benzene rings is 2. The minimum atomic E-state index is -3.71. The number of carbonyl (C=O) groups is 2. The molecular weight excluding hydrogens is 390 g/mol. The number of nitrogens with zero attached hydrogens (tertiary/aromatic N) is 1. The van der Waals surface area contributed by atoms with Crippen LogP contribution in [0.5, 0.6) is 0 Å². The van der Waals surface area contributed by atoms with Crippen molar-refractivity contribution in [1.82, 2.24) is 9.62 Å². The Hall–Kier alpha value is -3.15. The van der Waals surface area contributed by atoms with Crippen LogP contribution in [0, 0.1) is 12.3 Å². The molecule has 2 N–H and O–H groups in total. The second kappa shape index (κ2) is 9.37. The molecule has 0 unspecified atom stereocenters. The highest BCUT2D eigenvalue weighted by atomic mass is 32.2. The van der Waals surface area contributed by atoms with Gasteiger partial charge in [-0.15, -0.1) is 6.42 Å². The van der Waals surface area contributed by atoms with Gasteiger partial charge in [0.25, 0.3) is 5.91 Å². The van der Waals surface area contributed by atoms with Crippen LogP contribution in [0.4, 0.5) is 5.69 Å². The fourth-order valence-corrected chi connectivity index (χ4v) is 3.81. The van der Waals surface area contributed by atoms with Gasteiger partial charge in [0.1, 0.15) is 0 Å². The molecule has 0 aliphatic rings. The molecule has 2 aromatic carbocycles. The van der Waals surface area contributed by atoms with Crippen LogP contribution >= 0.6 is 0 Å². The van der Waals surface area contributed by atoms with Gasteiger partial charge >= 0.3 is 0 Å². The Balaban J connectivity index is 2.04. The van der Waals surface area contributed by atoms with Crippen LogP contribution in [0.15, 0.2) is 53.4 Å². The summed E-state index contributed by atoms with van der Waals surface area (Å²) in [7, 11) is -2.24. The summed E-state index contributed by atoms with van der Waals surface area (Å²) in [6, 6.07) is 12.2. The standard InChI is InChI=1S/C21H23N3O4S/c1-5-16-8-6-10-18(12-16)23-20(25)14-22-21(26)17-9-7-11-19(13-17)29(27,28)24(4)15(2)3/h1,6-13,15H,14H2,2-4H3,(H,22,26)(H,23,25). The lowest BCUT2D eigenvalue weighted by Gasteiger charge is -2.21. The van der Waals surface area contributed by atoms with Crippen molar-refractivity contribution in [2.24, 2.45) is 0 Å². The molecule has 0 radical (unpaired) electrons. The summed E-state index contributed by atoms with van der Waals surface area (Å²) in [6.07, 6.45) is 5.32. The van der Waals surface area contributed by atoms with E-state index in [1.165, 1.54) is 35.6 Å². The fourth-order valence-electron chi connectivity index (χ4n) is 2.40. The Bertz CT molecular complexity index is 1060. The number of hydrogen-bond acceptors (Lipinski definition) is 4. The first-order chi connectivity index (χ1) is 13.6. The zero-order chi connectivity index (χ0) is 21.6. The molecule has 152 valence electrons. The molecular formula is C21H23N3O4S. The lowest BCUT2D eigenvalue weighted by Crippen LogP contribution is -2.34. The number of amides is 2. The van der Waals surface area contributed by atoms with E-state index in [1.807, 2.05) is 0 Å². The Kier molecular flexibility index (Phi) is 7.15. The molecule has 0 spiro atoms. The van der Waals surface area contributed by atoms with Crippen molar-refractivity contribution >= 4 is 27.5 Å². The highest BCUT2D eigenvalue weighted by Gasteiger charge is 2.24. The summed E-state index contributed by atoms with van der Waals surface area (Å²) in [5.74, 6) is 1.48. The molecule has 29 heavy (non-hydrogen) atoms. The Morgan fingerprint density at radius 1 is 1.14 bits per heavy atom. The van der Waals surface area contributed by atoms with E-state index in [1.54, 1.807) is 38.1 Å². The Morgan fingerprint density at radius 3 is 2.48 bits per heavy atom. The van der Waals surface area contributed by atoms with Crippen molar-refractivity contribution in [2.75, 3.05) is 18.9 Å². The molecule has 7 nitrogen and oxygen atoms in total. The number of rotatable bonds is 7. The maximum atomic E-state index is 12.6. The van der Waals surface area contributed by atoms with Crippen LogP contribution in [0.25, 0.3) is 0 Å². The zero-order valence-electron chi connectivity index (χ0n) is 16.5. The molecule has 0 heterocycles. The average molecular weight is 413 g/mol. The lowest BCUT2D eigenvalue weighted by atomic mass is 10.2. The van der Waals surface area contributed by atoms with E-state index in [0.29, 0.717) is 11.3 Å². The summed E-state index contributed by atoms with van der Waals surface area (Å²) in [6.45, 7) is 3.24. The van der Waals surface area contributed by atoms with Gasteiger partial charge in [-0.2, -0.15) is 4.31 Å². The fraction of sp³-hybridized carbons (Fsp3) is 0.238. The van der Waals surface area contributed by atoms with E-state index in [0.717, 1.165) is 0 Å². The first kappa shape index (κ1) is 22.1. The first-order valence-electron chi connectivity index (χ1n) is 8.88. The zero-order valence-corrected chi connectivity index (χ0v) is 17.3. The number of hydrogen-bond donors (Lipinski definition) is 2. The topological polar surface area (TPSA) is 95.6 Å². The van der Waals surface area contributed by atoms with Crippen LogP contribution in [0.3, 0.4) is 0 Å². The smallest absolute Gasteiger partial charge is 0.251 e. The number of anilines is 1. The first-order valence-corrected chi connectivity index (χ1v) is 10.3. The van der Waals surface area contributed by atoms with Gasteiger partial charge in [0, 0.05) is 29.9 Å². The number of nitrogens with one attached hydrogen (secondary N) is 2. The van der Waals surface area contributed by atoms with Gasteiger partial charge in [-0.05, 0) is 50.2 Å². The van der Waals surface area contributed by atoms with Crippen molar-refractivity contribution in [1.29, 1.82) is 0 Å². The third-order valence-electron chi connectivity index (χ3n) is 4.22. The highest BCUT2D eigenvalue weighted by Crippen LogP contribution is 2.18. The lowest BCUT2D eigenvalue weighted by molar-refractivity contribution is -0.115. The van der Waals surface area contributed by atoms with Gasteiger partial charge in [0.2, 0.25) is 15.9 Å². The highest BCUT2D eigenvalue weighted by molar-refractivity contribution is 7.89. The molecule has 0 aromatic heterocycles. The number of terminal acetylenes is 1. The maximum Gasteiger partial charge on any atom is 0.251 e. The average Bonchev–Trinajstić information content (AvgIpc) is 2.71. The number of sulfonamides is 1. The summed E-state index contributed by atoms with van der Waals surface area (Å²) in [4.78, 5) is 24.4. The van der Waals surface area contributed by atoms with E-state index in [4.69, 9.17) is 6.42 Å². The summed E-state index contributed by atoms with van der Waals surface area (Å²) >= 11 is 0. The van der Waals surface area contributed by atoms with Crippen molar-refractivity contribution in [3.63, 3.8) is 0 Å². The number of carbonyl (C=O) groups excluding carboxylic acids is 2. The monoisotopic (exact) mass is 413 g/mol. The van der Waals surface area contributed by atoms with E-state index in [9.17, 15) is 18.0 Å². The van der Waals surface area contributed by atoms with Crippen LogP contribution in [-0.4, -0.2) is 44.2 Å². The SMILES string of the molecule is C#Cc1cccc(NC(=O)CNC(=O)c2cccc(S(=O)(=O)N(C)C(C)C)c2)c1. The summed E-state index contributed by atoms with van der Waals surface area (Å²) in [5, 5.41) is 5.11. The van der Waals surface area contributed by atoms with Crippen LogP contribution in [0.2, 0.25) is 0 Å². The normalized spacial score (nSPS) is 11.2. The van der Waals surface area contributed by atoms with Gasteiger partial charge in [0.05, 0.1) is 11.4 Å². The van der Waals surface area contributed by atoms with Crippen molar-refractivity contribution in [2.45, 2.75) is 24.8 Å². The van der Waals surface area contributed by atoms with Crippen molar-refractivity contribution in [3.05, 3.63) is 59.7 Å². The minimum absolute atomic E-state index is 0.0110. The quantitative estimate of drug-likeness (QED) is 0.679. The maximum absolute atomic E-state index is 12.6. The predicted molar refractivity (Wildman–Crippen MR) is 112 cm³/mol. The Labute approximate surface area is 171 Å². The summed E-state index contributed by atoms with van der Waals surface area (Å²) in [5.41, 5.74) is 1.28.